The summed E-state index contributed by atoms with van der Waals surface area (Å²) in [5.41, 5.74) is 2.29. The lowest BCUT2D eigenvalue weighted by atomic mass is 10.1. The van der Waals surface area contributed by atoms with Crippen LogP contribution in [0.3, 0.4) is 0 Å². The third-order valence-electron chi connectivity index (χ3n) is 3.11. The molecule has 0 atom stereocenters. The van der Waals surface area contributed by atoms with Crippen molar-refractivity contribution in [2.45, 2.75) is 25.3 Å². The standard InChI is InChI=1S/C14H13BrN2O2/c15-13-4-3-12(19-13)14(18)17-7-9-5-11(8-16-6-9)10-1-2-10/h3-6,8,10H,1-2,7H2,(H,17,18). The van der Waals surface area contributed by atoms with Crippen LogP contribution in [-0.4, -0.2) is 10.9 Å². The molecule has 5 heteroatoms. The summed E-state index contributed by atoms with van der Waals surface area (Å²) in [5, 5.41) is 2.82. The molecular formula is C14H13BrN2O2. The van der Waals surface area contributed by atoms with E-state index in [4.69, 9.17) is 4.42 Å². The Labute approximate surface area is 119 Å². The van der Waals surface area contributed by atoms with Gasteiger partial charge in [0.25, 0.3) is 5.91 Å². The Balaban J connectivity index is 1.62. The lowest BCUT2D eigenvalue weighted by Gasteiger charge is -2.05. The monoisotopic (exact) mass is 320 g/mol. The van der Waals surface area contributed by atoms with E-state index >= 15 is 0 Å². The van der Waals surface area contributed by atoms with Gasteiger partial charge >= 0.3 is 0 Å². The van der Waals surface area contributed by atoms with Crippen molar-refractivity contribution < 1.29 is 9.21 Å². The molecule has 0 radical (unpaired) electrons. The number of nitrogens with one attached hydrogen (secondary N) is 1. The zero-order valence-corrected chi connectivity index (χ0v) is 11.8. The number of aromatic nitrogens is 1. The molecule has 0 spiro atoms. The van der Waals surface area contributed by atoms with Gasteiger partial charge in [-0.1, -0.05) is 6.07 Å². The lowest BCUT2D eigenvalue weighted by molar-refractivity contribution is 0.0922. The van der Waals surface area contributed by atoms with Gasteiger partial charge in [-0.15, -0.1) is 0 Å². The number of amides is 1. The summed E-state index contributed by atoms with van der Waals surface area (Å²) < 4.78 is 5.75. The summed E-state index contributed by atoms with van der Waals surface area (Å²) in [6.07, 6.45) is 6.19. The maximum atomic E-state index is 11.8. The highest BCUT2D eigenvalue weighted by Crippen LogP contribution is 2.39. The van der Waals surface area contributed by atoms with Crippen LogP contribution in [-0.2, 0) is 6.54 Å². The summed E-state index contributed by atoms with van der Waals surface area (Å²) >= 11 is 3.17. The second kappa shape index (κ2) is 5.17. The molecule has 0 unspecified atom stereocenters. The summed E-state index contributed by atoms with van der Waals surface area (Å²) in [7, 11) is 0. The molecule has 0 aromatic carbocycles. The largest absolute Gasteiger partial charge is 0.444 e. The van der Waals surface area contributed by atoms with Crippen molar-refractivity contribution in [1.29, 1.82) is 0 Å². The number of furan rings is 1. The molecular weight excluding hydrogens is 308 g/mol. The van der Waals surface area contributed by atoms with Crippen LogP contribution in [0.2, 0.25) is 0 Å². The fourth-order valence-corrected chi connectivity index (χ4v) is 2.26. The Bertz CT molecular complexity index is 605. The molecule has 1 saturated carbocycles. The molecule has 0 saturated heterocycles. The molecule has 2 aromatic heterocycles. The van der Waals surface area contributed by atoms with E-state index in [0.29, 0.717) is 22.9 Å². The van der Waals surface area contributed by atoms with Crippen LogP contribution in [0.15, 0.2) is 39.7 Å². The minimum atomic E-state index is -0.220. The Morgan fingerprint density at radius 3 is 2.95 bits per heavy atom. The Morgan fingerprint density at radius 2 is 2.26 bits per heavy atom. The van der Waals surface area contributed by atoms with Crippen molar-refractivity contribution in [3.63, 3.8) is 0 Å². The summed E-state index contributed by atoms with van der Waals surface area (Å²) in [6.45, 7) is 0.463. The van der Waals surface area contributed by atoms with Gasteiger partial charge in [-0.25, -0.2) is 0 Å². The molecule has 0 aliphatic heterocycles. The molecule has 1 N–H and O–H groups in total. The minimum Gasteiger partial charge on any atom is -0.444 e. The molecule has 2 aromatic rings. The first-order valence-corrected chi connectivity index (χ1v) is 6.99. The molecule has 1 fully saturated rings. The highest BCUT2D eigenvalue weighted by molar-refractivity contribution is 9.10. The zero-order chi connectivity index (χ0) is 13.2. The van der Waals surface area contributed by atoms with Crippen LogP contribution in [0.1, 0.15) is 40.4 Å². The van der Waals surface area contributed by atoms with Gasteiger partial charge in [0.1, 0.15) is 0 Å². The summed E-state index contributed by atoms with van der Waals surface area (Å²) in [5.74, 6) is 0.755. The Kier molecular flexibility index (Phi) is 3.38. The predicted octanol–water partition coefficient (Wildman–Crippen LogP) is 3.24. The fraction of sp³-hybridized carbons (Fsp3) is 0.286. The summed E-state index contributed by atoms with van der Waals surface area (Å²) in [6, 6.07) is 5.45. The Morgan fingerprint density at radius 1 is 1.42 bits per heavy atom. The van der Waals surface area contributed by atoms with Gasteiger partial charge in [-0.2, -0.15) is 0 Å². The van der Waals surface area contributed by atoms with E-state index in [2.05, 4.69) is 32.3 Å². The first kappa shape index (κ1) is 12.4. The first-order chi connectivity index (χ1) is 9.22. The van der Waals surface area contributed by atoms with Crippen LogP contribution < -0.4 is 5.32 Å². The van der Waals surface area contributed by atoms with Crippen molar-refractivity contribution in [3.8, 4) is 0 Å². The zero-order valence-electron chi connectivity index (χ0n) is 10.2. The normalized spacial score (nSPS) is 14.4. The lowest BCUT2D eigenvalue weighted by Crippen LogP contribution is -2.22. The number of pyridine rings is 1. The third-order valence-corrected chi connectivity index (χ3v) is 3.54. The van der Waals surface area contributed by atoms with Crippen LogP contribution in [0, 0.1) is 0 Å². The number of rotatable bonds is 4. The van der Waals surface area contributed by atoms with Gasteiger partial charge < -0.3 is 9.73 Å². The number of nitrogens with zero attached hydrogens (tertiary/aromatic N) is 1. The number of hydrogen-bond donors (Lipinski definition) is 1. The molecule has 1 aliphatic carbocycles. The Hall–Kier alpha value is -1.62. The fourth-order valence-electron chi connectivity index (χ4n) is 1.95. The van der Waals surface area contributed by atoms with Crippen molar-refractivity contribution in [2.75, 3.05) is 0 Å². The van der Waals surface area contributed by atoms with Crippen LogP contribution >= 0.6 is 15.9 Å². The highest BCUT2D eigenvalue weighted by Gasteiger charge is 2.23. The van der Waals surface area contributed by atoms with Gasteiger partial charge in [0.2, 0.25) is 0 Å². The maximum absolute atomic E-state index is 11.8. The number of halogens is 1. The molecule has 0 bridgehead atoms. The number of carbonyl (C=O) groups is 1. The molecule has 19 heavy (non-hydrogen) atoms. The van der Waals surface area contributed by atoms with E-state index in [0.717, 1.165) is 5.56 Å². The van der Waals surface area contributed by atoms with E-state index in [1.54, 1.807) is 18.3 Å². The molecule has 3 rings (SSSR count). The van der Waals surface area contributed by atoms with E-state index in [9.17, 15) is 4.79 Å². The van der Waals surface area contributed by atoms with Crippen molar-refractivity contribution in [2.24, 2.45) is 0 Å². The number of carbonyl (C=O) groups excluding carboxylic acids is 1. The van der Waals surface area contributed by atoms with Gasteiger partial charge in [-0.3, -0.25) is 9.78 Å². The molecule has 2 heterocycles. The molecule has 98 valence electrons. The second-order valence-electron chi connectivity index (χ2n) is 4.69. The summed E-state index contributed by atoms with van der Waals surface area (Å²) in [4.78, 5) is 16.0. The molecule has 4 nitrogen and oxygen atoms in total. The smallest absolute Gasteiger partial charge is 0.287 e. The maximum Gasteiger partial charge on any atom is 0.287 e. The van der Waals surface area contributed by atoms with E-state index < -0.39 is 0 Å². The topological polar surface area (TPSA) is 55.1 Å². The quantitative estimate of drug-likeness (QED) is 0.940. The SMILES string of the molecule is O=C(NCc1cncc(C2CC2)c1)c1ccc(Br)o1. The minimum absolute atomic E-state index is 0.220. The van der Waals surface area contributed by atoms with E-state index in [1.807, 2.05) is 6.20 Å². The van der Waals surface area contributed by atoms with Crippen LogP contribution in [0.25, 0.3) is 0 Å². The van der Waals surface area contributed by atoms with Crippen molar-refractivity contribution >= 4 is 21.8 Å². The molecule has 1 aliphatic rings. The predicted molar refractivity (Wildman–Crippen MR) is 73.8 cm³/mol. The molecule has 1 amide bonds. The third kappa shape index (κ3) is 3.04. The van der Waals surface area contributed by atoms with Gasteiger partial charge in [-0.05, 0) is 57.9 Å². The van der Waals surface area contributed by atoms with Crippen LogP contribution in [0.5, 0.6) is 0 Å². The average Bonchev–Trinajstić information content (AvgIpc) is 3.19. The van der Waals surface area contributed by atoms with Crippen molar-refractivity contribution in [3.05, 3.63) is 52.1 Å². The van der Waals surface area contributed by atoms with Crippen LogP contribution in [0.4, 0.5) is 0 Å². The van der Waals surface area contributed by atoms with E-state index in [1.165, 1.54) is 18.4 Å². The second-order valence-corrected chi connectivity index (χ2v) is 5.47. The first-order valence-electron chi connectivity index (χ1n) is 6.20. The van der Waals surface area contributed by atoms with Gasteiger partial charge in [0.15, 0.2) is 10.4 Å². The highest BCUT2D eigenvalue weighted by atomic mass is 79.9. The average molecular weight is 321 g/mol. The number of hydrogen-bond acceptors (Lipinski definition) is 3. The van der Waals surface area contributed by atoms with Crippen molar-refractivity contribution in [1.82, 2.24) is 10.3 Å². The van der Waals surface area contributed by atoms with Gasteiger partial charge in [0, 0.05) is 18.9 Å². The van der Waals surface area contributed by atoms with E-state index in [-0.39, 0.29) is 5.91 Å². The van der Waals surface area contributed by atoms with Gasteiger partial charge in [0.05, 0.1) is 0 Å².